The summed E-state index contributed by atoms with van der Waals surface area (Å²) >= 11 is 0. The minimum atomic E-state index is -0.661. The molecule has 0 saturated heterocycles. The summed E-state index contributed by atoms with van der Waals surface area (Å²) in [7, 11) is 0. The fourth-order valence-electron chi connectivity index (χ4n) is 0.929. The number of halogens is 2. The molecule has 0 spiro atoms. The van der Waals surface area contributed by atoms with Gasteiger partial charge in [0.15, 0.2) is 0 Å². The fourth-order valence-corrected chi connectivity index (χ4v) is 0.929. The van der Waals surface area contributed by atoms with Crippen molar-refractivity contribution < 1.29 is 14.6 Å². The number of phenols is 1. The Labute approximate surface area is 81.4 Å². The Morgan fingerprint density at radius 1 is 1.46 bits per heavy atom. The number of hydrogen-bond donors (Lipinski definition) is 3. The molecule has 1 atom stereocenters. The number of aromatic hydroxyl groups is 1. The summed E-state index contributed by atoms with van der Waals surface area (Å²) in [4.78, 5) is 0. The Hall–Kier alpha value is -0.840. The Morgan fingerprint density at radius 2 is 2.08 bits per heavy atom. The first kappa shape index (κ1) is 12.2. The lowest BCUT2D eigenvalue weighted by molar-refractivity contribution is 0.265. The third kappa shape index (κ3) is 2.84. The predicted octanol–water partition coefficient (Wildman–Crippen LogP) is 0.945. The van der Waals surface area contributed by atoms with E-state index in [1.165, 1.54) is 12.1 Å². The van der Waals surface area contributed by atoms with Crippen molar-refractivity contribution in [1.82, 2.24) is 0 Å². The van der Waals surface area contributed by atoms with E-state index >= 15 is 0 Å². The Morgan fingerprint density at radius 3 is 2.54 bits per heavy atom. The Kier molecular flexibility index (Phi) is 4.69. The number of rotatable bonds is 2. The van der Waals surface area contributed by atoms with Gasteiger partial charge in [-0.25, -0.2) is 4.39 Å². The highest BCUT2D eigenvalue weighted by Crippen LogP contribution is 2.22. The fraction of sp³-hybridized carbons (Fsp3) is 0.250. The van der Waals surface area contributed by atoms with Crippen molar-refractivity contribution in [3.05, 3.63) is 29.6 Å². The molecule has 1 rings (SSSR count). The maximum atomic E-state index is 12.5. The normalized spacial score (nSPS) is 11.9. The minimum absolute atomic E-state index is 0. The van der Waals surface area contributed by atoms with Crippen LogP contribution in [0.4, 0.5) is 4.39 Å². The lowest BCUT2D eigenvalue weighted by Gasteiger charge is -2.09. The van der Waals surface area contributed by atoms with Crippen molar-refractivity contribution in [1.29, 1.82) is 0 Å². The SMILES string of the molecule is Cl.NC(CO)c1ccc(F)cc1O. The molecule has 3 nitrogen and oxygen atoms in total. The second-order valence-electron chi connectivity index (χ2n) is 2.49. The van der Waals surface area contributed by atoms with Crippen LogP contribution in [0.3, 0.4) is 0 Å². The van der Waals surface area contributed by atoms with Crippen LogP contribution in [-0.4, -0.2) is 16.8 Å². The standard InChI is InChI=1S/C8H10FNO2.ClH/c9-5-1-2-6(7(10)4-11)8(12)3-5;/h1-3,7,11-12H,4,10H2;1H. The van der Waals surface area contributed by atoms with Crippen LogP contribution in [0.25, 0.3) is 0 Å². The average Bonchev–Trinajstić information content (AvgIpc) is 2.03. The van der Waals surface area contributed by atoms with Gasteiger partial charge in [-0.2, -0.15) is 0 Å². The molecule has 1 aromatic carbocycles. The highest BCUT2D eigenvalue weighted by molar-refractivity contribution is 5.85. The first-order chi connectivity index (χ1) is 5.65. The average molecular weight is 208 g/mol. The zero-order valence-corrected chi connectivity index (χ0v) is 7.59. The van der Waals surface area contributed by atoms with Crippen LogP contribution in [0.1, 0.15) is 11.6 Å². The van der Waals surface area contributed by atoms with Gasteiger partial charge in [-0.3, -0.25) is 0 Å². The van der Waals surface area contributed by atoms with Crippen LogP contribution in [-0.2, 0) is 0 Å². The van der Waals surface area contributed by atoms with Gasteiger partial charge < -0.3 is 15.9 Å². The second kappa shape index (κ2) is 5.01. The van der Waals surface area contributed by atoms with Crippen LogP contribution in [0.2, 0.25) is 0 Å². The van der Waals surface area contributed by atoms with Gasteiger partial charge >= 0.3 is 0 Å². The number of hydrogen-bond acceptors (Lipinski definition) is 3. The van der Waals surface area contributed by atoms with Gasteiger partial charge in [0.2, 0.25) is 0 Å². The van der Waals surface area contributed by atoms with Crippen molar-refractivity contribution in [2.24, 2.45) is 5.73 Å². The van der Waals surface area contributed by atoms with E-state index in [-0.39, 0.29) is 24.8 Å². The summed E-state index contributed by atoms with van der Waals surface area (Å²) < 4.78 is 12.5. The van der Waals surface area contributed by atoms with E-state index < -0.39 is 11.9 Å². The number of aliphatic hydroxyl groups excluding tert-OH is 1. The molecule has 0 aliphatic heterocycles. The molecule has 4 N–H and O–H groups in total. The molecule has 74 valence electrons. The topological polar surface area (TPSA) is 66.5 Å². The van der Waals surface area contributed by atoms with Crippen LogP contribution in [0.15, 0.2) is 18.2 Å². The van der Waals surface area contributed by atoms with Crippen LogP contribution in [0.5, 0.6) is 5.75 Å². The molecule has 0 fully saturated rings. The third-order valence-corrected chi connectivity index (χ3v) is 1.59. The van der Waals surface area contributed by atoms with Crippen molar-refractivity contribution in [3.8, 4) is 5.75 Å². The van der Waals surface area contributed by atoms with Crippen molar-refractivity contribution in [2.45, 2.75) is 6.04 Å². The minimum Gasteiger partial charge on any atom is -0.508 e. The lowest BCUT2D eigenvalue weighted by atomic mass is 10.1. The van der Waals surface area contributed by atoms with Gasteiger partial charge in [-0.05, 0) is 6.07 Å². The molecule has 0 saturated carbocycles. The molecule has 0 aromatic heterocycles. The number of aliphatic hydroxyl groups is 1. The highest BCUT2D eigenvalue weighted by Gasteiger charge is 2.09. The van der Waals surface area contributed by atoms with Gasteiger partial charge in [-0.1, -0.05) is 6.07 Å². The smallest absolute Gasteiger partial charge is 0.126 e. The van der Waals surface area contributed by atoms with Crippen molar-refractivity contribution >= 4 is 12.4 Å². The Bertz CT molecular complexity index is 283. The van der Waals surface area contributed by atoms with Gasteiger partial charge in [0, 0.05) is 11.6 Å². The molecule has 0 heterocycles. The molecular weight excluding hydrogens is 197 g/mol. The zero-order chi connectivity index (χ0) is 9.14. The van der Waals surface area contributed by atoms with E-state index in [0.717, 1.165) is 6.07 Å². The summed E-state index contributed by atoms with van der Waals surface area (Å²) in [6.07, 6.45) is 0. The Balaban J connectivity index is 0.00000144. The molecule has 0 aliphatic rings. The zero-order valence-electron chi connectivity index (χ0n) is 6.77. The van der Waals surface area contributed by atoms with E-state index in [0.29, 0.717) is 5.56 Å². The maximum Gasteiger partial charge on any atom is 0.126 e. The third-order valence-electron chi connectivity index (χ3n) is 1.59. The summed E-state index contributed by atoms with van der Waals surface area (Å²) in [6, 6.07) is 2.84. The molecule has 0 aliphatic carbocycles. The van der Waals surface area contributed by atoms with Gasteiger partial charge in [0.1, 0.15) is 11.6 Å². The van der Waals surface area contributed by atoms with E-state index in [4.69, 9.17) is 15.9 Å². The summed E-state index contributed by atoms with van der Waals surface area (Å²) in [5.74, 6) is -0.752. The van der Waals surface area contributed by atoms with Crippen LogP contribution in [0, 0.1) is 5.82 Å². The largest absolute Gasteiger partial charge is 0.508 e. The maximum absolute atomic E-state index is 12.5. The molecule has 13 heavy (non-hydrogen) atoms. The molecule has 5 heteroatoms. The van der Waals surface area contributed by atoms with Gasteiger partial charge in [-0.15, -0.1) is 12.4 Å². The second-order valence-corrected chi connectivity index (χ2v) is 2.49. The quantitative estimate of drug-likeness (QED) is 0.677. The first-order valence-corrected chi connectivity index (χ1v) is 3.50. The van der Waals surface area contributed by atoms with E-state index in [1.807, 2.05) is 0 Å². The highest BCUT2D eigenvalue weighted by atomic mass is 35.5. The van der Waals surface area contributed by atoms with Crippen molar-refractivity contribution in [2.75, 3.05) is 6.61 Å². The first-order valence-electron chi connectivity index (χ1n) is 3.50. The van der Waals surface area contributed by atoms with E-state index in [2.05, 4.69) is 0 Å². The predicted molar refractivity (Wildman–Crippen MR) is 49.3 cm³/mol. The van der Waals surface area contributed by atoms with Crippen LogP contribution >= 0.6 is 12.4 Å². The van der Waals surface area contributed by atoms with E-state index in [1.54, 1.807) is 0 Å². The van der Waals surface area contributed by atoms with E-state index in [9.17, 15) is 4.39 Å². The molecular formula is C8H11ClFNO2. The monoisotopic (exact) mass is 207 g/mol. The van der Waals surface area contributed by atoms with Gasteiger partial charge in [0.25, 0.3) is 0 Å². The number of nitrogens with two attached hydrogens (primary N) is 1. The number of benzene rings is 1. The summed E-state index contributed by atoms with van der Waals surface area (Å²) in [5.41, 5.74) is 5.76. The lowest BCUT2D eigenvalue weighted by Crippen LogP contribution is -2.14. The molecule has 0 amide bonds. The summed E-state index contributed by atoms with van der Waals surface area (Å²) in [5, 5.41) is 17.8. The van der Waals surface area contributed by atoms with Crippen molar-refractivity contribution in [3.63, 3.8) is 0 Å². The molecule has 1 unspecified atom stereocenters. The van der Waals surface area contributed by atoms with Gasteiger partial charge in [0.05, 0.1) is 12.6 Å². The molecule has 0 bridgehead atoms. The molecule has 1 aromatic rings. The number of phenolic OH excluding ortho intramolecular Hbond substituents is 1. The summed E-state index contributed by atoms with van der Waals surface area (Å²) in [6.45, 7) is -0.279. The van der Waals surface area contributed by atoms with Crippen LogP contribution < -0.4 is 5.73 Å². The molecule has 0 radical (unpaired) electrons.